The van der Waals surface area contributed by atoms with Crippen LogP contribution in [0.25, 0.3) is 10.9 Å². The number of hydrogen-bond acceptors (Lipinski definition) is 3. The second kappa shape index (κ2) is 5.89. The molecule has 0 unspecified atom stereocenters. The van der Waals surface area contributed by atoms with Crippen LogP contribution in [0.1, 0.15) is 41.6 Å². The SMILES string of the molecule is CC(C)c1c(C(=O)N/N=C\c2ccco2)[nH]c2ccccc12. The molecule has 22 heavy (non-hydrogen) atoms. The third-order valence-corrected chi connectivity index (χ3v) is 3.45. The van der Waals surface area contributed by atoms with Gasteiger partial charge in [-0.2, -0.15) is 5.10 Å². The highest BCUT2D eigenvalue weighted by Crippen LogP contribution is 2.28. The fourth-order valence-electron chi connectivity index (χ4n) is 2.52. The minimum atomic E-state index is -0.261. The molecule has 2 aromatic heterocycles. The lowest BCUT2D eigenvalue weighted by atomic mass is 9.99. The Morgan fingerprint density at radius 3 is 2.82 bits per heavy atom. The van der Waals surface area contributed by atoms with Crippen LogP contribution in [0.3, 0.4) is 0 Å². The van der Waals surface area contributed by atoms with Gasteiger partial charge in [-0.25, -0.2) is 5.43 Å². The van der Waals surface area contributed by atoms with Gasteiger partial charge in [0.05, 0.1) is 12.5 Å². The highest BCUT2D eigenvalue weighted by molar-refractivity contribution is 6.01. The Kier molecular flexibility index (Phi) is 3.78. The standard InChI is InChI=1S/C17H17N3O2/c1-11(2)15-13-7-3-4-8-14(13)19-16(15)17(21)20-18-10-12-6-5-9-22-12/h3-11,19H,1-2H3,(H,20,21)/b18-10-. The van der Waals surface area contributed by atoms with Crippen molar-refractivity contribution in [2.75, 3.05) is 0 Å². The number of nitrogens with zero attached hydrogens (tertiary/aromatic N) is 1. The fraction of sp³-hybridized carbons (Fsp3) is 0.176. The number of benzene rings is 1. The van der Waals surface area contributed by atoms with Crippen LogP contribution in [0.2, 0.25) is 0 Å². The number of aromatic nitrogens is 1. The highest BCUT2D eigenvalue weighted by Gasteiger charge is 2.19. The van der Waals surface area contributed by atoms with Crippen LogP contribution in [0, 0.1) is 0 Å². The Hall–Kier alpha value is -2.82. The number of rotatable bonds is 4. The number of amides is 1. The lowest BCUT2D eigenvalue weighted by Crippen LogP contribution is -2.19. The first-order chi connectivity index (χ1) is 10.7. The van der Waals surface area contributed by atoms with Crippen molar-refractivity contribution in [2.45, 2.75) is 19.8 Å². The Bertz CT molecular complexity index is 814. The van der Waals surface area contributed by atoms with Crippen LogP contribution in [0.5, 0.6) is 0 Å². The maximum Gasteiger partial charge on any atom is 0.288 e. The molecule has 5 nitrogen and oxygen atoms in total. The summed E-state index contributed by atoms with van der Waals surface area (Å²) in [6, 6.07) is 11.4. The molecule has 0 atom stereocenters. The summed E-state index contributed by atoms with van der Waals surface area (Å²) < 4.78 is 5.12. The Labute approximate surface area is 128 Å². The number of fused-ring (bicyclic) bond motifs is 1. The molecule has 1 aromatic carbocycles. The number of carbonyl (C=O) groups excluding carboxylic acids is 1. The van der Waals surface area contributed by atoms with E-state index < -0.39 is 0 Å². The molecule has 0 fully saturated rings. The molecule has 0 aliphatic heterocycles. The number of para-hydroxylation sites is 1. The summed E-state index contributed by atoms with van der Waals surface area (Å²) in [5.41, 5.74) is 5.03. The predicted octanol–water partition coefficient (Wildman–Crippen LogP) is 3.65. The van der Waals surface area contributed by atoms with E-state index in [2.05, 4.69) is 29.4 Å². The monoisotopic (exact) mass is 295 g/mol. The Morgan fingerprint density at radius 2 is 2.09 bits per heavy atom. The van der Waals surface area contributed by atoms with Gasteiger partial charge >= 0.3 is 0 Å². The second-order valence-electron chi connectivity index (χ2n) is 5.33. The molecule has 3 aromatic rings. The molecular weight excluding hydrogens is 278 g/mol. The zero-order valence-electron chi connectivity index (χ0n) is 12.5. The molecule has 5 heteroatoms. The highest BCUT2D eigenvalue weighted by atomic mass is 16.3. The normalized spacial score (nSPS) is 11.6. The van der Waals surface area contributed by atoms with Crippen LogP contribution in [-0.4, -0.2) is 17.1 Å². The molecule has 0 aliphatic rings. The van der Waals surface area contributed by atoms with E-state index in [1.807, 2.05) is 24.3 Å². The van der Waals surface area contributed by atoms with E-state index in [-0.39, 0.29) is 11.8 Å². The third kappa shape index (κ3) is 2.65. The molecule has 2 heterocycles. The first kappa shape index (κ1) is 14.1. The van der Waals surface area contributed by atoms with Gasteiger partial charge in [0, 0.05) is 10.9 Å². The van der Waals surface area contributed by atoms with Crippen molar-refractivity contribution in [3.63, 3.8) is 0 Å². The van der Waals surface area contributed by atoms with Crippen molar-refractivity contribution >= 4 is 23.0 Å². The first-order valence-electron chi connectivity index (χ1n) is 7.14. The Morgan fingerprint density at radius 1 is 1.27 bits per heavy atom. The van der Waals surface area contributed by atoms with Crippen molar-refractivity contribution in [1.82, 2.24) is 10.4 Å². The average Bonchev–Trinajstić information content (AvgIpc) is 3.13. The summed E-state index contributed by atoms with van der Waals surface area (Å²) in [7, 11) is 0. The summed E-state index contributed by atoms with van der Waals surface area (Å²) in [6.07, 6.45) is 3.02. The summed E-state index contributed by atoms with van der Waals surface area (Å²) in [6.45, 7) is 4.14. The van der Waals surface area contributed by atoms with Crippen LogP contribution in [-0.2, 0) is 0 Å². The lowest BCUT2D eigenvalue weighted by Gasteiger charge is -2.06. The first-order valence-corrected chi connectivity index (χ1v) is 7.14. The summed E-state index contributed by atoms with van der Waals surface area (Å²) in [5, 5.41) is 4.99. The average molecular weight is 295 g/mol. The molecule has 0 saturated carbocycles. The molecular formula is C17H17N3O2. The molecule has 1 amide bonds. The fourth-order valence-corrected chi connectivity index (χ4v) is 2.52. The number of hydrogen-bond donors (Lipinski definition) is 2. The molecule has 112 valence electrons. The molecule has 0 aliphatic carbocycles. The van der Waals surface area contributed by atoms with E-state index in [0.717, 1.165) is 16.5 Å². The smallest absolute Gasteiger partial charge is 0.288 e. The molecule has 0 spiro atoms. The Balaban J connectivity index is 1.88. The van der Waals surface area contributed by atoms with E-state index in [4.69, 9.17) is 4.42 Å². The van der Waals surface area contributed by atoms with Gasteiger partial charge in [-0.1, -0.05) is 32.0 Å². The van der Waals surface area contributed by atoms with Crippen molar-refractivity contribution in [1.29, 1.82) is 0 Å². The lowest BCUT2D eigenvalue weighted by molar-refractivity contribution is 0.0949. The maximum atomic E-state index is 12.4. The number of carbonyl (C=O) groups is 1. The van der Waals surface area contributed by atoms with Gasteiger partial charge in [0.2, 0.25) is 0 Å². The minimum Gasteiger partial charge on any atom is -0.463 e. The van der Waals surface area contributed by atoms with Gasteiger partial charge in [-0.05, 0) is 29.7 Å². The summed E-state index contributed by atoms with van der Waals surface area (Å²) >= 11 is 0. The van der Waals surface area contributed by atoms with E-state index in [9.17, 15) is 4.79 Å². The molecule has 3 rings (SSSR count). The van der Waals surface area contributed by atoms with Gasteiger partial charge in [0.25, 0.3) is 5.91 Å². The second-order valence-corrected chi connectivity index (χ2v) is 5.33. The number of aromatic amines is 1. The van der Waals surface area contributed by atoms with Gasteiger partial charge in [-0.15, -0.1) is 0 Å². The van der Waals surface area contributed by atoms with Crippen molar-refractivity contribution in [3.8, 4) is 0 Å². The van der Waals surface area contributed by atoms with Crippen LogP contribution in [0.15, 0.2) is 52.2 Å². The molecule has 0 saturated heterocycles. The van der Waals surface area contributed by atoms with Crippen molar-refractivity contribution in [2.24, 2.45) is 5.10 Å². The molecule has 2 N–H and O–H groups in total. The van der Waals surface area contributed by atoms with Crippen molar-refractivity contribution in [3.05, 3.63) is 59.7 Å². The number of furan rings is 1. The van der Waals surface area contributed by atoms with E-state index >= 15 is 0 Å². The zero-order valence-corrected chi connectivity index (χ0v) is 12.5. The summed E-state index contributed by atoms with van der Waals surface area (Å²) in [5.74, 6) is 0.551. The van der Waals surface area contributed by atoms with Gasteiger partial charge in [-0.3, -0.25) is 4.79 Å². The van der Waals surface area contributed by atoms with E-state index in [1.54, 1.807) is 18.4 Å². The molecule has 0 bridgehead atoms. The predicted molar refractivity (Wildman–Crippen MR) is 86.2 cm³/mol. The molecule has 0 radical (unpaired) electrons. The van der Waals surface area contributed by atoms with Gasteiger partial charge in [0.1, 0.15) is 11.5 Å². The van der Waals surface area contributed by atoms with Crippen molar-refractivity contribution < 1.29 is 9.21 Å². The largest absolute Gasteiger partial charge is 0.463 e. The zero-order chi connectivity index (χ0) is 15.5. The van der Waals surface area contributed by atoms with E-state index in [1.165, 1.54) is 6.21 Å². The maximum absolute atomic E-state index is 12.4. The van der Waals surface area contributed by atoms with Crippen LogP contribution >= 0.6 is 0 Å². The topological polar surface area (TPSA) is 70.4 Å². The third-order valence-electron chi connectivity index (χ3n) is 3.45. The van der Waals surface area contributed by atoms with E-state index in [0.29, 0.717) is 11.5 Å². The van der Waals surface area contributed by atoms with Crippen LogP contribution < -0.4 is 5.43 Å². The van der Waals surface area contributed by atoms with Gasteiger partial charge in [0.15, 0.2) is 0 Å². The minimum absolute atomic E-state index is 0.228. The van der Waals surface area contributed by atoms with Gasteiger partial charge < -0.3 is 9.40 Å². The van der Waals surface area contributed by atoms with Crippen LogP contribution in [0.4, 0.5) is 0 Å². The number of nitrogens with one attached hydrogen (secondary N) is 2. The number of H-pyrrole nitrogens is 1. The quantitative estimate of drug-likeness (QED) is 0.569. The number of hydrazone groups is 1. The summed E-state index contributed by atoms with van der Waals surface area (Å²) in [4.78, 5) is 15.6.